The Morgan fingerprint density at radius 3 is 1.83 bits per heavy atom. The van der Waals surface area contributed by atoms with Crippen LogP contribution in [-0.2, 0) is 9.53 Å². The number of hydrogen-bond donors (Lipinski definition) is 0. The number of hydrogen-bond acceptors (Lipinski definition) is 3. The van der Waals surface area contributed by atoms with E-state index in [2.05, 4.69) is 18.7 Å². The normalized spacial score (nSPS) is 25.4. The second-order valence-electron chi connectivity index (χ2n) is 8.81. The van der Waals surface area contributed by atoms with E-state index in [0.29, 0.717) is 12.0 Å². The quantitative estimate of drug-likeness (QED) is 0.652. The maximum absolute atomic E-state index is 12.4. The lowest BCUT2D eigenvalue weighted by atomic mass is 9.83. The van der Waals surface area contributed by atoms with Crippen molar-refractivity contribution in [2.75, 3.05) is 19.6 Å². The smallest absolute Gasteiger partial charge is 0.320 e. The summed E-state index contributed by atoms with van der Waals surface area (Å²) in [6.07, 6.45) is 16.6. The largest absolute Gasteiger partial charge is 0.461 e. The lowest BCUT2D eigenvalue weighted by Crippen LogP contribution is -2.41. The minimum atomic E-state index is 0.00630. The molecule has 2 fully saturated rings. The van der Waals surface area contributed by atoms with Crippen LogP contribution in [0.1, 0.15) is 97.3 Å². The van der Waals surface area contributed by atoms with Crippen LogP contribution in [0, 0.1) is 5.41 Å². The van der Waals surface area contributed by atoms with Gasteiger partial charge in [0, 0.05) is 0 Å². The summed E-state index contributed by atoms with van der Waals surface area (Å²) in [6, 6.07) is 0. The minimum Gasteiger partial charge on any atom is -0.461 e. The van der Waals surface area contributed by atoms with E-state index in [0.717, 1.165) is 25.9 Å². The van der Waals surface area contributed by atoms with Crippen LogP contribution in [0.5, 0.6) is 0 Å². The van der Waals surface area contributed by atoms with Gasteiger partial charge in [0.15, 0.2) is 0 Å². The Morgan fingerprint density at radius 2 is 1.33 bits per heavy atom. The van der Waals surface area contributed by atoms with Gasteiger partial charge in [0.25, 0.3) is 0 Å². The molecule has 0 aromatic carbocycles. The average molecular weight is 338 g/mol. The maximum atomic E-state index is 12.4. The average Bonchev–Trinajstić information content (AvgIpc) is 2.52. The molecule has 3 nitrogen and oxygen atoms in total. The van der Waals surface area contributed by atoms with Crippen molar-refractivity contribution in [3.8, 4) is 0 Å². The highest BCUT2D eigenvalue weighted by Crippen LogP contribution is 2.29. The van der Waals surface area contributed by atoms with Gasteiger partial charge in [-0.15, -0.1) is 0 Å². The van der Waals surface area contributed by atoms with Gasteiger partial charge >= 0.3 is 5.97 Å². The number of carbonyl (C=O) groups excluding carboxylic acids is 1. The monoisotopic (exact) mass is 337 g/mol. The van der Waals surface area contributed by atoms with Gasteiger partial charge in [0.1, 0.15) is 6.10 Å². The zero-order valence-corrected chi connectivity index (χ0v) is 16.2. The highest BCUT2D eigenvalue weighted by molar-refractivity contribution is 5.71. The number of ether oxygens (including phenoxy) is 1. The molecule has 0 atom stereocenters. The van der Waals surface area contributed by atoms with Crippen LogP contribution in [0.15, 0.2) is 0 Å². The minimum absolute atomic E-state index is 0.00630. The molecule has 0 spiro atoms. The Bertz CT molecular complexity index is 345. The molecular weight excluding hydrogens is 298 g/mol. The Labute approximate surface area is 149 Å². The molecule has 0 bridgehead atoms. The van der Waals surface area contributed by atoms with Crippen LogP contribution in [0.3, 0.4) is 0 Å². The van der Waals surface area contributed by atoms with E-state index >= 15 is 0 Å². The first kappa shape index (κ1) is 19.8. The molecule has 0 radical (unpaired) electrons. The van der Waals surface area contributed by atoms with Crippen molar-refractivity contribution in [3.05, 3.63) is 0 Å². The molecule has 140 valence electrons. The molecule has 1 heterocycles. The number of nitrogens with zero attached hydrogens (tertiary/aromatic N) is 1. The number of carbonyl (C=O) groups is 1. The number of rotatable bonds is 3. The van der Waals surface area contributed by atoms with Crippen molar-refractivity contribution in [3.63, 3.8) is 0 Å². The topological polar surface area (TPSA) is 29.5 Å². The van der Waals surface area contributed by atoms with E-state index in [1.165, 1.54) is 70.6 Å². The summed E-state index contributed by atoms with van der Waals surface area (Å²) in [7, 11) is 0. The zero-order valence-electron chi connectivity index (χ0n) is 16.2. The number of piperidine rings is 1. The van der Waals surface area contributed by atoms with Crippen molar-refractivity contribution < 1.29 is 9.53 Å². The van der Waals surface area contributed by atoms with E-state index in [9.17, 15) is 4.79 Å². The fraction of sp³-hybridized carbons (Fsp3) is 0.952. The molecule has 2 rings (SSSR count). The summed E-state index contributed by atoms with van der Waals surface area (Å²) in [6.45, 7) is 7.22. The van der Waals surface area contributed by atoms with E-state index in [1.807, 2.05) is 0 Å². The Balaban J connectivity index is 1.71. The molecule has 2 aliphatic rings. The fourth-order valence-corrected chi connectivity index (χ4v) is 3.97. The van der Waals surface area contributed by atoms with Crippen LogP contribution in [0.25, 0.3) is 0 Å². The number of likely N-dealkylation sites (tertiary alicyclic amines) is 1. The molecule has 1 aliphatic heterocycles. The fourth-order valence-electron chi connectivity index (χ4n) is 3.97. The van der Waals surface area contributed by atoms with Gasteiger partial charge in [0.05, 0.1) is 6.54 Å². The van der Waals surface area contributed by atoms with Crippen molar-refractivity contribution in [1.29, 1.82) is 0 Å². The van der Waals surface area contributed by atoms with Crippen LogP contribution >= 0.6 is 0 Å². The van der Waals surface area contributed by atoms with Gasteiger partial charge < -0.3 is 4.74 Å². The maximum Gasteiger partial charge on any atom is 0.320 e. The van der Waals surface area contributed by atoms with Crippen molar-refractivity contribution in [2.45, 2.75) is 103 Å². The Kier molecular flexibility index (Phi) is 8.58. The van der Waals surface area contributed by atoms with E-state index in [1.54, 1.807) is 0 Å². The molecule has 3 heteroatoms. The molecule has 24 heavy (non-hydrogen) atoms. The van der Waals surface area contributed by atoms with Crippen molar-refractivity contribution in [1.82, 2.24) is 4.90 Å². The highest BCUT2D eigenvalue weighted by Gasteiger charge is 2.27. The number of esters is 1. The van der Waals surface area contributed by atoms with Gasteiger partial charge in [-0.25, -0.2) is 0 Å². The van der Waals surface area contributed by atoms with Crippen molar-refractivity contribution in [2.24, 2.45) is 5.41 Å². The molecule has 1 aliphatic carbocycles. The highest BCUT2D eigenvalue weighted by atomic mass is 16.5. The molecule has 0 aromatic heterocycles. The molecule has 0 amide bonds. The summed E-state index contributed by atoms with van der Waals surface area (Å²) in [4.78, 5) is 14.6. The third kappa shape index (κ3) is 8.00. The lowest BCUT2D eigenvalue weighted by molar-refractivity contribution is -0.151. The van der Waals surface area contributed by atoms with Gasteiger partial charge in [-0.2, -0.15) is 0 Å². The third-order valence-electron chi connectivity index (χ3n) is 5.91. The van der Waals surface area contributed by atoms with Crippen molar-refractivity contribution >= 4 is 5.97 Å². The summed E-state index contributed by atoms with van der Waals surface area (Å²) >= 11 is 0. The van der Waals surface area contributed by atoms with Crippen LogP contribution in [0.4, 0.5) is 0 Å². The van der Waals surface area contributed by atoms with Gasteiger partial charge in [-0.3, -0.25) is 9.69 Å². The predicted octanol–water partition coefficient (Wildman–Crippen LogP) is 5.32. The standard InChI is InChI=1S/C21H39NO2/c1-21(2)14-16-22(17-15-21)18-20(23)24-19-12-10-8-6-4-3-5-7-9-11-13-19/h19H,3-18H2,1-2H3. The Hall–Kier alpha value is -0.570. The Morgan fingerprint density at radius 1 is 0.875 bits per heavy atom. The second kappa shape index (κ2) is 10.4. The second-order valence-corrected chi connectivity index (χ2v) is 8.81. The van der Waals surface area contributed by atoms with E-state index < -0.39 is 0 Å². The molecule has 1 saturated carbocycles. The van der Waals surface area contributed by atoms with Crippen LogP contribution in [0.2, 0.25) is 0 Å². The van der Waals surface area contributed by atoms with Crippen LogP contribution in [-0.4, -0.2) is 36.6 Å². The lowest BCUT2D eigenvalue weighted by Gasteiger charge is -2.36. The predicted molar refractivity (Wildman–Crippen MR) is 100 cm³/mol. The summed E-state index contributed by atoms with van der Waals surface area (Å²) in [5.41, 5.74) is 0.438. The van der Waals surface area contributed by atoms with Gasteiger partial charge in [0.2, 0.25) is 0 Å². The zero-order chi connectivity index (χ0) is 17.3. The molecular formula is C21H39NO2. The summed E-state index contributed by atoms with van der Waals surface area (Å²) < 4.78 is 5.87. The first-order valence-corrected chi connectivity index (χ1v) is 10.5. The van der Waals surface area contributed by atoms with Crippen LogP contribution < -0.4 is 0 Å². The molecule has 0 aromatic rings. The molecule has 0 unspecified atom stereocenters. The summed E-state index contributed by atoms with van der Waals surface area (Å²) in [5.74, 6) is 0.00630. The van der Waals surface area contributed by atoms with Gasteiger partial charge in [-0.05, 0) is 57.0 Å². The molecule has 0 N–H and O–H groups in total. The SMILES string of the molecule is CC1(C)CCN(CC(=O)OC2CCCCCCCCCCC2)CC1. The first-order valence-electron chi connectivity index (χ1n) is 10.5. The van der Waals surface area contributed by atoms with E-state index in [-0.39, 0.29) is 12.1 Å². The van der Waals surface area contributed by atoms with E-state index in [4.69, 9.17) is 4.74 Å². The first-order chi connectivity index (χ1) is 11.6. The summed E-state index contributed by atoms with van der Waals surface area (Å²) in [5, 5.41) is 0. The van der Waals surface area contributed by atoms with Gasteiger partial charge in [-0.1, -0.05) is 58.8 Å². The third-order valence-corrected chi connectivity index (χ3v) is 5.91. The molecule has 1 saturated heterocycles.